The summed E-state index contributed by atoms with van der Waals surface area (Å²) in [4.78, 5) is 51.2. The van der Waals surface area contributed by atoms with E-state index in [2.05, 4.69) is 21.3 Å². The van der Waals surface area contributed by atoms with Gasteiger partial charge in [0.2, 0.25) is 23.6 Å². The molecule has 0 bridgehead atoms. The molecule has 0 unspecified atom stereocenters. The van der Waals surface area contributed by atoms with Crippen molar-refractivity contribution in [1.29, 1.82) is 0 Å². The van der Waals surface area contributed by atoms with Gasteiger partial charge in [0.15, 0.2) is 56.6 Å². The molecule has 54 nitrogen and oxygen atoms in total. The molecule has 0 aromatic heterocycles. The third-order valence-corrected chi connectivity index (χ3v) is 22.1. The second-order valence-corrected chi connectivity index (χ2v) is 30.8. The van der Waals surface area contributed by atoms with Crippen molar-refractivity contribution in [2.24, 2.45) is 0 Å². The molecule has 0 aliphatic carbocycles. The molecule has 0 radical (unpaired) electrons. The summed E-state index contributed by atoms with van der Waals surface area (Å²) in [5.74, 6) is -3.78. The van der Waals surface area contributed by atoms with E-state index in [-0.39, 0.29) is 0 Å². The molecule has 0 saturated carbocycles. The largest absolute Gasteiger partial charge is 0.394 e. The minimum Gasteiger partial charge on any atom is -0.394 e. The number of ether oxygens (including phenoxy) is 18. The Morgan fingerprint density at radius 1 is 0.303 bits per heavy atom. The van der Waals surface area contributed by atoms with E-state index < -0.39 is 390 Å². The summed E-state index contributed by atoms with van der Waals surface area (Å²) in [6.07, 6.45) is -95.0. The Labute approximate surface area is 691 Å². The highest BCUT2D eigenvalue weighted by Gasteiger charge is 2.61. The predicted octanol–water partition coefficient (Wildman–Crippen LogP) is -21.6. The Morgan fingerprint density at radius 2 is 0.639 bits per heavy atom. The molecule has 9 rings (SSSR count). The van der Waals surface area contributed by atoms with Crippen molar-refractivity contribution in [1.82, 2.24) is 21.3 Å². The number of carbonyl (C=O) groups is 4. The zero-order valence-corrected chi connectivity index (χ0v) is 65.9. The van der Waals surface area contributed by atoms with Crippen LogP contribution in [0, 0.1) is 0 Å². The van der Waals surface area contributed by atoms with Crippen LogP contribution in [0.1, 0.15) is 34.6 Å². The maximum absolute atomic E-state index is 13.2. The van der Waals surface area contributed by atoms with Crippen LogP contribution in [0.3, 0.4) is 0 Å². The van der Waals surface area contributed by atoms with Crippen LogP contribution in [-0.2, 0) is 104 Å². The van der Waals surface area contributed by atoms with Crippen LogP contribution in [0.15, 0.2) is 0 Å². The monoisotopic (exact) mass is 1790 g/mol. The summed E-state index contributed by atoms with van der Waals surface area (Å²) >= 11 is 0. The lowest BCUT2D eigenvalue weighted by atomic mass is 9.94. The van der Waals surface area contributed by atoms with Crippen molar-refractivity contribution in [3.05, 3.63) is 0 Å². The highest BCUT2D eigenvalue weighted by atomic mass is 16.8. The fourth-order valence-corrected chi connectivity index (χ4v) is 15.4. The molecule has 49 atom stereocenters. The Morgan fingerprint density at radius 3 is 1.10 bits per heavy atom. The molecule has 0 spiro atoms. The fourth-order valence-electron chi connectivity index (χ4n) is 15.4. The first-order valence-corrected chi connectivity index (χ1v) is 38.9. The lowest BCUT2D eigenvalue weighted by Crippen LogP contribution is -2.70. The Kier molecular flexibility index (Phi) is 37.6. The summed E-state index contributed by atoms with van der Waals surface area (Å²) in [6, 6.07) is -7.66. The minimum absolute atomic E-state index is 0.865. The molecule has 0 aromatic carbocycles. The van der Waals surface area contributed by atoms with Gasteiger partial charge in [-0.3, -0.25) is 19.2 Å². The standard InChI is InChI=1S/C68H116N4O50/c1-16-34(86)45(97)49(101)63(107-16)105-14-22(85)53(35(87)21(6-73)69-17(2)81)116-61-32(71-19(4)83)43(95)55(28(12-79)113-61)118-66-52(104)57(41(93)30(115-66)15-106-67-58(47(99)38(90)25(9-76)111-67)121-60-31(70-18(3)82)42(94)36(88)23(7-74)108-60)120-68-59(48(100)39(91)26(10-77)112-68)122-62-33(72-20(5)84)44(96)54(29(13-80)114-62)117-65-51(103)56(40(92)27(11-78)110-65)119-64-50(102)46(98)37(89)24(8-75)109-64/h16,21-68,73-80,85-104H,6-15H2,1-5H3,(H,69,81)(H,70,82)(H,71,83)(H,72,84)/t16-,21-,22+,23+,24+,25+,26+,27+,28+,29+,30+,31+,32+,33+,34+,35+,36+,37-,38+,39+,40-,41+,42+,43+,44+,45+,46-,47-,48-,49-,50+,51+,52-,53+,54+,55+,56-,57-,58-,59-,60-,61-,62-,63+,64+,65-,66-,67-,68+/m0/s1. The molecule has 9 saturated heterocycles. The summed E-state index contributed by atoms with van der Waals surface area (Å²) in [5.41, 5.74) is 0. The van der Waals surface area contributed by atoms with Gasteiger partial charge in [0, 0.05) is 27.7 Å². The minimum atomic E-state index is -2.64. The summed E-state index contributed by atoms with van der Waals surface area (Å²) in [6.45, 7) is -6.28. The van der Waals surface area contributed by atoms with Crippen LogP contribution in [0.2, 0.25) is 0 Å². The molecule has 9 aliphatic heterocycles. The number of carbonyl (C=O) groups excluding carboxylic acids is 4. The number of hydrogen-bond acceptors (Lipinski definition) is 50. The summed E-state index contributed by atoms with van der Waals surface area (Å²) in [5, 5.41) is 321. The smallest absolute Gasteiger partial charge is 0.217 e. The van der Waals surface area contributed by atoms with Crippen LogP contribution >= 0.6 is 0 Å². The first-order chi connectivity index (χ1) is 57.6. The first-order valence-electron chi connectivity index (χ1n) is 38.9. The number of aliphatic hydroxyl groups excluding tert-OH is 28. The van der Waals surface area contributed by atoms with Crippen molar-refractivity contribution in [3.8, 4) is 0 Å². The SMILES string of the molecule is CC(=O)N[C@H]1[C@H](O[C@@H]([C@H](O)[C@H](CO)NC(C)=O)[C@H](O)CO[C@@H]2O[C@@H](C)[C@@H](O)[C@@H](O)[C@@H]2O)O[C@H](CO)[C@@H](O[C@@H]2O[C@H](CO[C@H]3O[C@H](CO)[C@@H](O)[C@H](O)[C@@H]3O[C@@H]3O[C@H](CO)[C@@H](O)[C@H](O)[C@H]3NC(C)=O)[C@@H](O)[C@H](O[C@H]3O[C@H](CO)[C@@H](O)[C@H](O)[C@@H]3O[C@@H]3O[C@H](CO)[C@@H](O[C@@H]4O[C@H](CO)[C@H](O)[C@H](O[C@H]5O[C@H](CO)[C@H](O)[C@H](O)[C@H]5O)[C@H]4O)[C@H](O)[C@H]3NC(C)=O)[C@@H]2O)[C@@H]1O. The van der Waals surface area contributed by atoms with Gasteiger partial charge in [0.25, 0.3) is 0 Å². The Bertz CT molecular complexity index is 3240. The lowest BCUT2D eigenvalue weighted by molar-refractivity contribution is -0.399. The van der Waals surface area contributed by atoms with E-state index in [0.717, 1.165) is 27.7 Å². The molecule has 122 heavy (non-hydrogen) atoms. The van der Waals surface area contributed by atoms with Crippen molar-refractivity contribution >= 4 is 23.6 Å². The van der Waals surface area contributed by atoms with Gasteiger partial charge in [0.05, 0.1) is 78.2 Å². The fraction of sp³-hybridized carbons (Fsp3) is 0.941. The Hall–Kier alpha value is -3.96. The maximum Gasteiger partial charge on any atom is 0.217 e. The van der Waals surface area contributed by atoms with Gasteiger partial charge >= 0.3 is 0 Å². The van der Waals surface area contributed by atoms with Crippen LogP contribution in [0.25, 0.3) is 0 Å². The van der Waals surface area contributed by atoms with Gasteiger partial charge in [-0.05, 0) is 6.92 Å². The third kappa shape index (κ3) is 23.1. The van der Waals surface area contributed by atoms with Crippen LogP contribution in [-0.4, -0.2) is 533 Å². The second kappa shape index (κ2) is 45.0. The molecule has 54 heteroatoms. The van der Waals surface area contributed by atoms with E-state index >= 15 is 0 Å². The van der Waals surface area contributed by atoms with Crippen molar-refractivity contribution in [2.45, 2.75) is 335 Å². The topological polar surface area (TPSA) is 849 Å². The molecular formula is C68H116N4O50. The quantitative estimate of drug-likeness (QED) is 0.0280. The van der Waals surface area contributed by atoms with Crippen molar-refractivity contribution in [3.63, 3.8) is 0 Å². The van der Waals surface area contributed by atoms with Gasteiger partial charge in [-0.1, -0.05) is 0 Å². The van der Waals surface area contributed by atoms with Gasteiger partial charge in [-0.15, -0.1) is 0 Å². The summed E-state index contributed by atoms with van der Waals surface area (Å²) < 4.78 is 106. The Balaban J connectivity index is 1.05. The maximum atomic E-state index is 13.2. The van der Waals surface area contributed by atoms with E-state index in [4.69, 9.17) is 85.3 Å². The first kappa shape index (κ1) is 102. The highest BCUT2D eigenvalue weighted by Crippen LogP contribution is 2.40. The number of hydrogen-bond donors (Lipinski definition) is 32. The van der Waals surface area contributed by atoms with Crippen LogP contribution in [0.5, 0.6) is 0 Å². The van der Waals surface area contributed by atoms with Gasteiger partial charge in [-0.2, -0.15) is 0 Å². The van der Waals surface area contributed by atoms with E-state index in [0.29, 0.717) is 0 Å². The zero-order valence-electron chi connectivity index (χ0n) is 65.9. The van der Waals surface area contributed by atoms with Crippen LogP contribution in [0.4, 0.5) is 0 Å². The summed E-state index contributed by atoms with van der Waals surface area (Å²) in [7, 11) is 0. The second-order valence-electron chi connectivity index (χ2n) is 30.8. The molecular weight excluding hydrogens is 1670 g/mol. The predicted molar refractivity (Wildman–Crippen MR) is 377 cm³/mol. The molecule has 0 aromatic rings. The van der Waals surface area contributed by atoms with Gasteiger partial charge in [0.1, 0.15) is 232 Å². The normalized spacial score (nSPS) is 47.0. The van der Waals surface area contributed by atoms with E-state index in [1.165, 1.54) is 6.92 Å². The van der Waals surface area contributed by atoms with E-state index in [1.807, 2.05) is 0 Å². The molecule has 9 aliphatic rings. The number of nitrogens with one attached hydrogen (secondary N) is 4. The average Bonchev–Trinajstić information content (AvgIpc) is 0.766. The van der Waals surface area contributed by atoms with Crippen LogP contribution < -0.4 is 21.3 Å². The van der Waals surface area contributed by atoms with Gasteiger partial charge in [-0.25, -0.2) is 0 Å². The molecule has 708 valence electrons. The van der Waals surface area contributed by atoms with Gasteiger partial charge < -0.3 is 250 Å². The lowest BCUT2D eigenvalue weighted by Gasteiger charge is -2.51. The molecule has 9 heterocycles. The molecule has 32 N–H and O–H groups in total. The number of rotatable bonds is 35. The number of aliphatic hydroxyl groups is 28. The zero-order chi connectivity index (χ0) is 90.2. The van der Waals surface area contributed by atoms with Crippen molar-refractivity contribution in [2.75, 3.05) is 66.1 Å². The van der Waals surface area contributed by atoms with E-state index in [9.17, 15) is 162 Å². The number of amides is 4. The molecule has 9 fully saturated rings. The highest BCUT2D eigenvalue weighted by molar-refractivity contribution is 5.74. The molecule has 4 amide bonds. The van der Waals surface area contributed by atoms with Crippen molar-refractivity contribution < 1.29 is 247 Å². The third-order valence-electron chi connectivity index (χ3n) is 22.1. The average molecular weight is 1790 g/mol. The van der Waals surface area contributed by atoms with E-state index in [1.54, 1.807) is 0 Å².